The Kier molecular flexibility index (Phi) is 9.88. The number of aromatic nitrogens is 1. The Labute approximate surface area is 130 Å². The zero-order valence-electron chi connectivity index (χ0n) is 14.0. The van der Waals surface area contributed by atoms with Crippen molar-refractivity contribution < 1.29 is 4.74 Å². The molecule has 1 rings (SSSR count). The van der Waals surface area contributed by atoms with E-state index in [1.54, 1.807) is 0 Å². The van der Waals surface area contributed by atoms with E-state index in [-0.39, 0.29) is 0 Å². The molecule has 1 aromatic heterocycles. The van der Waals surface area contributed by atoms with E-state index in [2.05, 4.69) is 31.1 Å². The van der Waals surface area contributed by atoms with E-state index in [1.165, 1.54) is 32.1 Å². The summed E-state index contributed by atoms with van der Waals surface area (Å²) in [5.74, 6) is 1.42. The van der Waals surface area contributed by atoms with Crippen LogP contribution in [0.4, 0.5) is 0 Å². The highest BCUT2D eigenvalue weighted by Crippen LogP contribution is 2.10. The minimum Gasteiger partial charge on any atom is -0.478 e. The van der Waals surface area contributed by atoms with E-state index >= 15 is 0 Å². The van der Waals surface area contributed by atoms with Crippen molar-refractivity contribution in [2.24, 2.45) is 5.92 Å². The maximum atomic E-state index is 5.74. The number of hydrogen-bond donors (Lipinski definition) is 1. The molecule has 1 N–H and O–H groups in total. The third-order valence-electron chi connectivity index (χ3n) is 3.39. The number of pyridine rings is 1. The van der Waals surface area contributed by atoms with Gasteiger partial charge in [-0.15, -0.1) is 0 Å². The molecule has 0 aromatic carbocycles. The molecule has 0 radical (unpaired) electrons. The van der Waals surface area contributed by atoms with Gasteiger partial charge >= 0.3 is 0 Å². The third-order valence-corrected chi connectivity index (χ3v) is 3.39. The quantitative estimate of drug-likeness (QED) is 0.573. The zero-order valence-corrected chi connectivity index (χ0v) is 14.0. The Morgan fingerprint density at radius 2 is 1.86 bits per heavy atom. The number of nitrogens with zero attached hydrogens (tertiary/aromatic N) is 1. The van der Waals surface area contributed by atoms with E-state index in [0.29, 0.717) is 5.92 Å². The zero-order chi connectivity index (χ0) is 15.3. The maximum absolute atomic E-state index is 5.74. The van der Waals surface area contributed by atoms with Gasteiger partial charge < -0.3 is 10.1 Å². The summed E-state index contributed by atoms with van der Waals surface area (Å²) in [7, 11) is 0. The maximum Gasteiger partial charge on any atom is 0.213 e. The predicted octanol–water partition coefficient (Wildman–Crippen LogP) is 4.57. The van der Waals surface area contributed by atoms with Crippen LogP contribution in [0.15, 0.2) is 18.2 Å². The van der Waals surface area contributed by atoms with E-state index in [0.717, 1.165) is 37.7 Å². The van der Waals surface area contributed by atoms with Crippen LogP contribution in [0.3, 0.4) is 0 Å². The highest BCUT2D eigenvalue weighted by Gasteiger charge is 2.00. The van der Waals surface area contributed by atoms with Gasteiger partial charge in [-0.05, 0) is 24.9 Å². The Balaban J connectivity index is 2.17. The van der Waals surface area contributed by atoms with Crippen LogP contribution in [-0.2, 0) is 6.54 Å². The summed E-state index contributed by atoms with van der Waals surface area (Å²) in [5, 5.41) is 3.41. The fourth-order valence-electron chi connectivity index (χ4n) is 2.18. The van der Waals surface area contributed by atoms with Gasteiger partial charge in [-0.25, -0.2) is 4.98 Å². The molecule has 0 aliphatic carbocycles. The molecular weight excluding hydrogens is 260 g/mol. The summed E-state index contributed by atoms with van der Waals surface area (Å²) < 4.78 is 5.74. The van der Waals surface area contributed by atoms with Gasteiger partial charge in [-0.3, -0.25) is 0 Å². The predicted molar refractivity (Wildman–Crippen MR) is 89.7 cm³/mol. The molecule has 0 aliphatic rings. The fourth-order valence-corrected chi connectivity index (χ4v) is 2.18. The Hall–Kier alpha value is -1.09. The van der Waals surface area contributed by atoms with Crippen molar-refractivity contribution in [3.63, 3.8) is 0 Å². The van der Waals surface area contributed by atoms with E-state index < -0.39 is 0 Å². The summed E-state index contributed by atoms with van der Waals surface area (Å²) in [5.41, 5.74) is 1.05. The van der Waals surface area contributed by atoms with Gasteiger partial charge in [-0.2, -0.15) is 0 Å². The van der Waals surface area contributed by atoms with Gasteiger partial charge in [0, 0.05) is 12.6 Å². The minimum atomic E-state index is 0.664. The van der Waals surface area contributed by atoms with Crippen molar-refractivity contribution in [3.8, 4) is 5.88 Å². The molecule has 0 saturated carbocycles. The van der Waals surface area contributed by atoms with Gasteiger partial charge in [0.25, 0.3) is 0 Å². The molecule has 3 heteroatoms. The number of rotatable bonds is 12. The average Bonchev–Trinajstić information content (AvgIpc) is 2.46. The van der Waals surface area contributed by atoms with Crippen molar-refractivity contribution in [2.45, 2.75) is 65.8 Å². The fraction of sp³-hybridized carbons (Fsp3) is 0.722. The smallest absolute Gasteiger partial charge is 0.213 e. The molecule has 120 valence electrons. The summed E-state index contributed by atoms with van der Waals surface area (Å²) in [6.07, 6.45) is 7.72. The van der Waals surface area contributed by atoms with Crippen LogP contribution in [0.25, 0.3) is 0 Å². The van der Waals surface area contributed by atoms with Crippen LogP contribution >= 0.6 is 0 Å². The molecule has 1 heterocycles. The van der Waals surface area contributed by atoms with Crippen LogP contribution in [-0.4, -0.2) is 18.1 Å². The van der Waals surface area contributed by atoms with Crippen molar-refractivity contribution in [3.05, 3.63) is 23.9 Å². The van der Waals surface area contributed by atoms with Crippen LogP contribution in [0.5, 0.6) is 5.88 Å². The second kappa shape index (κ2) is 11.6. The lowest BCUT2D eigenvalue weighted by molar-refractivity contribution is 0.292. The number of hydrogen-bond acceptors (Lipinski definition) is 3. The van der Waals surface area contributed by atoms with Gasteiger partial charge in [0.05, 0.1) is 12.3 Å². The molecule has 0 bridgehead atoms. The summed E-state index contributed by atoms with van der Waals surface area (Å²) in [6.45, 7) is 9.28. The molecule has 3 nitrogen and oxygen atoms in total. The monoisotopic (exact) mass is 292 g/mol. The van der Waals surface area contributed by atoms with Gasteiger partial charge in [0.2, 0.25) is 5.88 Å². The molecule has 0 fully saturated rings. The topological polar surface area (TPSA) is 34.1 Å². The SMILES string of the molecule is CCCCCCCCOc1cccc(CNCC(C)C)n1. The van der Waals surface area contributed by atoms with Crippen LogP contribution in [0.1, 0.15) is 65.0 Å². The number of unbranched alkanes of at least 4 members (excludes halogenated alkanes) is 5. The van der Waals surface area contributed by atoms with Crippen molar-refractivity contribution in [2.75, 3.05) is 13.2 Å². The first-order chi connectivity index (χ1) is 10.2. The first kappa shape index (κ1) is 18.0. The normalized spacial score (nSPS) is 11.0. The van der Waals surface area contributed by atoms with E-state index in [4.69, 9.17) is 4.74 Å². The average molecular weight is 292 g/mol. The highest BCUT2D eigenvalue weighted by atomic mass is 16.5. The molecule has 1 aromatic rings. The molecule has 0 amide bonds. The third kappa shape index (κ3) is 9.46. The van der Waals surface area contributed by atoms with Crippen LogP contribution in [0.2, 0.25) is 0 Å². The Morgan fingerprint density at radius 3 is 2.62 bits per heavy atom. The van der Waals surface area contributed by atoms with E-state index in [9.17, 15) is 0 Å². The summed E-state index contributed by atoms with van der Waals surface area (Å²) >= 11 is 0. The summed E-state index contributed by atoms with van der Waals surface area (Å²) in [4.78, 5) is 4.53. The molecule has 0 aliphatic heterocycles. The molecule has 0 spiro atoms. The first-order valence-corrected chi connectivity index (χ1v) is 8.51. The highest BCUT2D eigenvalue weighted by molar-refractivity contribution is 5.15. The Bertz CT molecular complexity index is 366. The second-order valence-electron chi connectivity index (χ2n) is 6.11. The van der Waals surface area contributed by atoms with Gasteiger partial charge in [-0.1, -0.05) is 58.9 Å². The standard InChI is InChI=1S/C18H32N2O/c1-4-5-6-7-8-9-13-21-18-12-10-11-17(20-18)15-19-14-16(2)3/h10-12,16,19H,4-9,13-15H2,1-3H3. The van der Waals surface area contributed by atoms with Crippen LogP contribution < -0.4 is 10.1 Å². The second-order valence-corrected chi connectivity index (χ2v) is 6.11. The number of nitrogens with one attached hydrogen (secondary N) is 1. The lowest BCUT2D eigenvalue weighted by atomic mass is 10.1. The van der Waals surface area contributed by atoms with Gasteiger partial charge in [0.15, 0.2) is 0 Å². The minimum absolute atomic E-state index is 0.664. The molecule has 21 heavy (non-hydrogen) atoms. The lowest BCUT2D eigenvalue weighted by Gasteiger charge is -2.09. The molecule has 0 atom stereocenters. The largest absolute Gasteiger partial charge is 0.478 e. The molecule has 0 saturated heterocycles. The van der Waals surface area contributed by atoms with Crippen molar-refractivity contribution in [1.82, 2.24) is 10.3 Å². The first-order valence-electron chi connectivity index (χ1n) is 8.51. The Morgan fingerprint density at radius 1 is 1.10 bits per heavy atom. The van der Waals surface area contributed by atoms with E-state index in [1.807, 2.05) is 18.2 Å². The lowest BCUT2D eigenvalue weighted by Crippen LogP contribution is -2.19. The molecular formula is C18H32N2O. The van der Waals surface area contributed by atoms with Crippen molar-refractivity contribution >= 4 is 0 Å². The van der Waals surface area contributed by atoms with Gasteiger partial charge in [0.1, 0.15) is 0 Å². The summed E-state index contributed by atoms with van der Waals surface area (Å²) in [6, 6.07) is 6.02. The van der Waals surface area contributed by atoms with Crippen molar-refractivity contribution in [1.29, 1.82) is 0 Å². The van der Waals surface area contributed by atoms with Crippen LogP contribution in [0, 0.1) is 5.92 Å². The number of ether oxygens (including phenoxy) is 1. The molecule has 0 unspecified atom stereocenters.